The van der Waals surface area contributed by atoms with E-state index in [1.54, 1.807) is 0 Å². The number of nitrogens with zero attached hydrogens (tertiary/aromatic N) is 1. The van der Waals surface area contributed by atoms with Crippen LogP contribution in [0.2, 0.25) is 0 Å². The van der Waals surface area contributed by atoms with Crippen LogP contribution in [-0.4, -0.2) is 42.3 Å². The molecular formula is C12H16N2O5S2. The Morgan fingerprint density at radius 1 is 1.38 bits per heavy atom. The van der Waals surface area contributed by atoms with Crippen molar-refractivity contribution in [1.29, 1.82) is 0 Å². The minimum Gasteiger partial charge on any atom is -0.477 e. The molecule has 0 unspecified atom stereocenters. The topological polar surface area (TPSA) is 118 Å². The average molecular weight is 332 g/mol. The van der Waals surface area contributed by atoms with Crippen molar-refractivity contribution < 1.29 is 23.1 Å². The highest BCUT2D eigenvalue weighted by Crippen LogP contribution is 2.38. The molecule has 1 aliphatic rings. The van der Waals surface area contributed by atoms with Crippen molar-refractivity contribution in [2.24, 2.45) is 5.73 Å². The molecular weight excluding hydrogens is 316 g/mol. The number of hydrogen-bond donors (Lipinski definition) is 2. The zero-order valence-corrected chi connectivity index (χ0v) is 13.0. The molecule has 1 saturated carbocycles. The summed E-state index contributed by atoms with van der Waals surface area (Å²) in [6.07, 6.45) is 2.22. The molecule has 1 aromatic heterocycles. The summed E-state index contributed by atoms with van der Waals surface area (Å²) in [5.74, 6) is -1.85. The normalized spacial score (nSPS) is 18.0. The van der Waals surface area contributed by atoms with Crippen LogP contribution in [-0.2, 0) is 14.8 Å². The number of aromatic carboxylic acids is 1. The number of primary amides is 1. The van der Waals surface area contributed by atoms with Crippen molar-refractivity contribution in [2.75, 3.05) is 7.05 Å². The lowest BCUT2D eigenvalue weighted by Gasteiger charge is -2.34. The van der Waals surface area contributed by atoms with Crippen LogP contribution in [0.25, 0.3) is 0 Å². The summed E-state index contributed by atoms with van der Waals surface area (Å²) >= 11 is 0.830. The number of amides is 1. The zero-order valence-electron chi connectivity index (χ0n) is 11.4. The molecule has 0 aliphatic heterocycles. The zero-order chi connectivity index (χ0) is 15.8. The fraction of sp³-hybridized carbons (Fsp3) is 0.500. The van der Waals surface area contributed by atoms with Gasteiger partial charge in [0.15, 0.2) is 0 Å². The van der Waals surface area contributed by atoms with E-state index < -0.39 is 27.4 Å². The van der Waals surface area contributed by atoms with E-state index in [1.165, 1.54) is 12.4 Å². The fourth-order valence-corrected chi connectivity index (χ4v) is 5.26. The molecule has 1 fully saturated rings. The molecule has 2 rings (SSSR count). The molecule has 0 aromatic carbocycles. The van der Waals surface area contributed by atoms with E-state index in [0.717, 1.165) is 34.6 Å². The van der Waals surface area contributed by atoms with Gasteiger partial charge in [0.1, 0.15) is 10.4 Å². The Labute approximate surface area is 126 Å². The lowest BCUT2D eigenvalue weighted by atomic mass is 9.97. The summed E-state index contributed by atoms with van der Waals surface area (Å²) in [7, 11) is -2.64. The molecule has 1 amide bonds. The third kappa shape index (κ3) is 2.56. The number of carboxylic acid groups (broad SMARTS) is 1. The van der Waals surface area contributed by atoms with E-state index in [0.29, 0.717) is 12.8 Å². The van der Waals surface area contributed by atoms with Gasteiger partial charge in [-0.05, 0) is 18.9 Å². The number of carboxylic acids is 1. The first kappa shape index (κ1) is 15.9. The van der Waals surface area contributed by atoms with Gasteiger partial charge in [-0.1, -0.05) is 12.8 Å². The summed E-state index contributed by atoms with van der Waals surface area (Å²) in [5, 5.41) is 10.1. The second-order valence-corrected chi connectivity index (χ2v) is 7.91. The molecule has 1 heterocycles. The van der Waals surface area contributed by atoms with Gasteiger partial charge in [-0.15, -0.1) is 11.3 Å². The number of thiophene rings is 1. The molecule has 1 aliphatic carbocycles. The number of carbonyl (C=O) groups excluding carboxylic acids is 1. The van der Waals surface area contributed by atoms with Crippen LogP contribution in [0.5, 0.6) is 0 Å². The molecule has 0 atom stereocenters. The lowest BCUT2D eigenvalue weighted by molar-refractivity contribution is -0.126. The van der Waals surface area contributed by atoms with Crippen LogP contribution in [0.4, 0.5) is 0 Å². The Hall–Kier alpha value is -1.45. The Morgan fingerprint density at radius 2 is 1.95 bits per heavy atom. The summed E-state index contributed by atoms with van der Waals surface area (Å²) < 4.78 is 26.2. The van der Waals surface area contributed by atoms with Crippen LogP contribution < -0.4 is 5.73 Å². The van der Waals surface area contributed by atoms with Gasteiger partial charge in [0.25, 0.3) is 0 Å². The van der Waals surface area contributed by atoms with Gasteiger partial charge in [0.05, 0.1) is 4.90 Å². The molecule has 9 heteroatoms. The second kappa shape index (κ2) is 5.39. The van der Waals surface area contributed by atoms with Crippen molar-refractivity contribution in [2.45, 2.75) is 36.1 Å². The molecule has 0 spiro atoms. The fourth-order valence-electron chi connectivity index (χ4n) is 2.63. The van der Waals surface area contributed by atoms with Gasteiger partial charge < -0.3 is 10.8 Å². The average Bonchev–Trinajstić information content (AvgIpc) is 3.07. The Kier molecular flexibility index (Phi) is 4.09. The van der Waals surface area contributed by atoms with E-state index in [9.17, 15) is 18.0 Å². The second-order valence-electron chi connectivity index (χ2n) is 5.03. The molecule has 0 radical (unpaired) electrons. The van der Waals surface area contributed by atoms with E-state index in [4.69, 9.17) is 10.8 Å². The van der Waals surface area contributed by atoms with Gasteiger partial charge in [-0.2, -0.15) is 4.31 Å². The summed E-state index contributed by atoms with van der Waals surface area (Å²) in [6, 6.07) is 1.10. The smallest absolute Gasteiger partial charge is 0.345 e. The third-order valence-electron chi connectivity index (χ3n) is 3.94. The lowest BCUT2D eigenvalue weighted by Crippen LogP contribution is -2.56. The van der Waals surface area contributed by atoms with Crippen molar-refractivity contribution in [1.82, 2.24) is 4.31 Å². The van der Waals surface area contributed by atoms with Crippen molar-refractivity contribution in [3.8, 4) is 0 Å². The van der Waals surface area contributed by atoms with Gasteiger partial charge in [0, 0.05) is 12.4 Å². The highest BCUT2D eigenvalue weighted by atomic mass is 32.2. The Balaban J connectivity index is 2.42. The Bertz CT molecular complexity index is 674. The number of hydrogen-bond acceptors (Lipinski definition) is 5. The van der Waals surface area contributed by atoms with E-state index in [1.807, 2.05) is 0 Å². The first-order valence-electron chi connectivity index (χ1n) is 6.32. The van der Waals surface area contributed by atoms with Gasteiger partial charge >= 0.3 is 5.97 Å². The highest BCUT2D eigenvalue weighted by Gasteiger charge is 2.48. The molecule has 3 N–H and O–H groups in total. The standard InChI is InChI=1S/C12H16N2O5S2/c1-14(12(11(13)17)4-2-3-5-12)21(18,19)8-6-9(10(15)16)20-7-8/h6-7H,2-5H2,1H3,(H2,13,17)(H,15,16). The molecule has 0 bridgehead atoms. The predicted molar refractivity (Wildman–Crippen MR) is 76.6 cm³/mol. The maximum atomic E-state index is 12.6. The van der Waals surface area contributed by atoms with Crippen LogP contribution in [0.1, 0.15) is 35.4 Å². The summed E-state index contributed by atoms with van der Waals surface area (Å²) in [6.45, 7) is 0. The minimum atomic E-state index is -3.96. The monoisotopic (exact) mass is 332 g/mol. The molecule has 21 heavy (non-hydrogen) atoms. The van der Waals surface area contributed by atoms with Gasteiger partial charge in [-0.3, -0.25) is 4.79 Å². The number of carbonyl (C=O) groups is 2. The van der Waals surface area contributed by atoms with Crippen molar-refractivity contribution in [3.05, 3.63) is 16.3 Å². The molecule has 116 valence electrons. The van der Waals surface area contributed by atoms with Crippen molar-refractivity contribution >= 4 is 33.2 Å². The predicted octanol–water partition coefficient (Wildman–Crippen LogP) is 0.865. The van der Waals surface area contributed by atoms with Crippen LogP contribution >= 0.6 is 11.3 Å². The maximum absolute atomic E-state index is 12.6. The Morgan fingerprint density at radius 3 is 2.38 bits per heavy atom. The number of likely N-dealkylation sites (N-methyl/N-ethyl adjacent to an activating group) is 1. The first-order chi connectivity index (χ1) is 9.71. The maximum Gasteiger partial charge on any atom is 0.345 e. The minimum absolute atomic E-state index is 0.0680. The van der Waals surface area contributed by atoms with Crippen LogP contribution in [0, 0.1) is 0 Å². The number of rotatable bonds is 5. The van der Waals surface area contributed by atoms with E-state index in [-0.39, 0.29) is 9.77 Å². The van der Waals surface area contributed by atoms with E-state index in [2.05, 4.69) is 0 Å². The molecule has 7 nitrogen and oxygen atoms in total. The summed E-state index contributed by atoms with van der Waals surface area (Å²) in [5.41, 5.74) is 4.21. The largest absolute Gasteiger partial charge is 0.477 e. The SMILES string of the molecule is CN(C1(C(N)=O)CCCC1)S(=O)(=O)c1csc(C(=O)O)c1. The van der Waals surface area contributed by atoms with Crippen LogP contribution in [0.15, 0.2) is 16.3 Å². The highest BCUT2D eigenvalue weighted by molar-refractivity contribution is 7.89. The van der Waals surface area contributed by atoms with Gasteiger partial charge in [-0.25, -0.2) is 13.2 Å². The molecule has 0 saturated heterocycles. The number of sulfonamides is 1. The first-order valence-corrected chi connectivity index (χ1v) is 8.64. The summed E-state index contributed by atoms with van der Waals surface area (Å²) in [4.78, 5) is 22.5. The van der Waals surface area contributed by atoms with Gasteiger partial charge in [0.2, 0.25) is 15.9 Å². The number of nitrogens with two attached hydrogens (primary N) is 1. The molecule has 1 aromatic rings. The van der Waals surface area contributed by atoms with E-state index >= 15 is 0 Å². The van der Waals surface area contributed by atoms with Crippen molar-refractivity contribution in [3.63, 3.8) is 0 Å². The van der Waals surface area contributed by atoms with Crippen LogP contribution in [0.3, 0.4) is 0 Å². The quantitative estimate of drug-likeness (QED) is 0.829. The third-order valence-corrected chi connectivity index (χ3v) is 6.91.